The molecule has 0 aliphatic carbocycles. The van der Waals surface area contributed by atoms with E-state index in [0.717, 1.165) is 11.1 Å². The van der Waals surface area contributed by atoms with Gasteiger partial charge < -0.3 is 15.0 Å². The van der Waals surface area contributed by atoms with Crippen LogP contribution in [0.2, 0.25) is 0 Å². The van der Waals surface area contributed by atoms with Crippen LogP contribution in [0.3, 0.4) is 0 Å². The molecule has 0 radical (unpaired) electrons. The summed E-state index contributed by atoms with van der Waals surface area (Å²) in [5.74, 6) is -0.272. The van der Waals surface area contributed by atoms with Crippen LogP contribution in [-0.2, 0) is 9.53 Å². The number of imidazole rings is 1. The Hall–Kier alpha value is -4.92. The largest absolute Gasteiger partial charge is 0.449 e. The molecule has 0 fully saturated rings. The van der Waals surface area contributed by atoms with Gasteiger partial charge in [0, 0.05) is 11.6 Å². The van der Waals surface area contributed by atoms with Crippen LogP contribution in [0.25, 0.3) is 28.1 Å². The van der Waals surface area contributed by atoms with Crippen LogP contribution in [0.15, 0.2) is 83.7 Å². The van der Waals surface area contributed by atoms with E-state index < -0.39 is 18.0 Å². The highest BCUT2D eigenvalue weighted by molar-refractivity contribution is 5.98. The molecule has 186 valence electrons. The van der Waals surface area contributed by atoms with Gasteiger partial charge in [0.05, 0.1) is 22.3 Å². The van der Waals surface area contributed by atoms with Gasteiger partial charge in [0.2, 0.25) is 0 Å². The summed E-state index contributed by atoms with van der Waals surface area (Å²) in [5, 5.41) is 5.48. The first-order chi connectivity index (χ1) is 17.9. The number of esters is 1. The van der Waals surface area contributed by atoms with Crippen molar-refractivity contribution in [3.8, 4) is 17.1 Å². The van der Waals surface area contributed by atoms with Gasteiger partial charge in [-0.3, -0.25) is 14.7 Å². The van der Waals surface area contributed by atoms with E-state index in [0.29, 0.717) is 28.1 Å². The van der Waals surface area contributed by atoms with Crippen LogP contribution < -0.4 is 10.9 Å². The van der Waals surface area contributed by atoms with Gasteiger partial charge in [-0.2, -0.15) is 0 Å². The van der Waals surface area contributed by atoms with Crippen molar-refractivity contribution >= 4 is 28.7 Å². The van der Waals surface area contributed by atoms with Gasteiger partial charge in [0.15, 0.2) is 6.10 Å². The highest BCUT2D eigenvalue weighted by atomic mass is 16.5. The van der Waals surface area contributed by atoms with E-state index in [1.807, 2.05) is 37.3 Å². The number of hydrogen-bond donors (Lipinski definition) is 3. The number of anilines is 1. The molecule has 9 heteroatoms. The lowest BCUT2D eigenvalue weighted by Gasteiger charge is -2.15. The summed E-state index contributed by atoms with van der Waals surface area (Å²) in [5.41, 5.74) is 4.08. The van der Waals surface area contributed by atoms with Crippen molar-refractivity contribution < 1.29 is 14.3 Å². The number of H-pyrrole nitrogens is 2. The van der Waals surface area contributed by atoms with E-state index in [-0.39, 0.29) is 17.8 Å². The molecule has 2 heterocycles. The molecule has 0 bridgehead atoms. The standard InChI is InChI=1S/C28H25N5O4/c1-3-23(27(35)31-24-16-25(34)33(32-24)20-7-5-4-6-8-20)37-28(36)19-13-14-21-22(15-19)30-26(29-21)18-11-9-17(2)10-12-18/h4-16,23,32H,3H2,1-2H3,(H,29,30)(H,31,35). The first kappa shape index (κ1) is 23.8. The topological polar surface area (TPSA) is 122 Å². The molecule has 1 unspecified atom stereocenters. The Morgan fingerprint density at radius 1 is 1.03 bits per heavy atom. The first-order valence-electron chi connectivity index (χ1n) is 11.9. The van der Waals surface area contributed by atoms with E-state index in [1.54, 1.807) is 49.4 Å². The van der Waals surface area contributed by atoms with E-state index in [2.05, 4.69) is 20.4 Å². The number of benzene rings is 3. The minimum Gasteiger partial charge on any atom is -0.449 e. The molecular weight excluding hydrogens is 470 g/mol. The predicted octanol–water partition coefficient (Wildman–Crippen LogP) is 4.59. The Morgan fingerprint density at radius 3 is 2.51 bits per heavy atom. The Labute approximate surface area is 212 Å². The fourth-order valence-corrected chi connectivity index (χ4v) is 3.95. The second-order valence-electron chi connectivity index (χ2n) is 8.65. The van der Waals surface area contributed by atoms with Gasteiger partial charge >= 0.3 is 5.97 Å². The number of carbonyl (C=O) groups excluding carboxylic acids is 2. The van der Waals surface area contributed by atoms with E-state index >= 15 is 0 Å². The number of nitrogens with zero attached hydrogens (tertiary/aromatic N) is 2. The SMILES string of the molecule is CCC(OC(=O)c1ccc2nc(-c3ccc(C)cc3)[nH]c2c1)C(=O)Nc1cc(=O)n(-c2ccccc2)[nH]1. The quantitative estimate of drug-likeness (QED) is 0.285. The Kier molecular flexibility index (Phi) is 6.42. The number of aromatic nitrogens is 4. The second kappa shape index (κ2) is 9.98. The van der Waals surface area contributed by atoms with Crippen LogP contribution in [0.5, 0.6) is 0 Å². The third-order valence-electron chi connectivity index (χ3n) is 5.95. The number of ether oxygens (including phenoxy) is 1. The summed E-state index contributed by atoms with van der Waals surface area (Å²) in [4.78, 5) is 45.9. The minimum absolute atomic E-state index is 0.205. The van der Waals surface area contributed by atoms with Gasteiger partial charge in [-0.25, -0.2) is 14.5 Å². The maximum atomic E-state index is 12.9. The molecular formula is C28H25N5O4. The summed E-state index contributed by atoms with van der Waals surface area (Å²) in [6.07, 6.45) is -0.790. The molecule has 5 rings (SSSR count). The van der Waals surface area contributed by atoms with Crippen molar-refractivity contribution in [1.29, 1.82) is 0 Å². The van der Waals surface area contributed by atoms with Crippen molar-refractivity contribution in [2.75, 3.05) is 5.32 Å². The summed E-state index contributed by atoms with van der Waals surface area (Å²) in [6, 6.07) is 23.2. The lowest BCUT2D eigenvalue weighted by molar-refractivity contribution is -0.124. The maximum absolute atomic E-state index is 12.9. The van der Waals surface area contributed by atoms with Crippen molar-refractivity contribution in [1.82, 2.24) is 19.7 Å². The van der Waals surface area contributed by atoms with E-state index in [9.17, 15) is 14.4 Å². The summed E-state index contributed by atoms with van der Waals surface area (Å²) in [7, 11) is 0. The lowest BCUT2D eigenvalue weighted by atomic mass is 10.1. The second-order valence-corrected chi connectivity index (χ2v) is 8.65. The molecule has 0 saturated heterocycles. The molecule has 2 aromatic heterocycles. The molecule has 37 heavy (non-hydrogen) atoms. The molecule has 0 aliphatic heterocycles. The van der Waals surface area contributed by atoms with Gasteiger partial charge in [0.1, 0.15) is 11.6 Å². The lowest BCUT2D eigenvalue weighted by Crippen LogP contribution is -2.32. The van der Waals surface area contributed by atoms with Gasteiger partial charge in [0.25, 0.3) is 11.5 Å². The van der Waals surface area contributed by atoms with Crippen LogP contribution in [-0.4, -0.2) is 37.7 Å². The highest BCUT2D eigenvalue weighted by Crippen LogP contribution is 2.22. The molecule has 1 amide bonds. The minimum atomic E-state index is -1.04. The number of aromatic amines is 2. The molecule has 9 nitrogen and oxygen atoms in total. The van der Waals surface area contributed by atoms with Gasteiger partial charge in [-0.15, -0.1) is 0 Å². The molecule has 0 saturated carbocycles. The van der Waals surface area contributed by atoms with Crippen molar-refractivity contribution in [2.45, 2.75) is 26.4 Å². The number of rotatable bonds is 7. The zero-order chi connectivity index (χ0) is 25.9. The summed E-state index contributed by atoms with van der Waals surface area (Å²) in [6.45, 7) is 3.76. The monoisotopic (exact) mass is 495 g/mol. The first-order valence-corrected chi connectivity index (χ1v) is 11.9. The van der Waals surface area contributed by atoms with Crippen LogP contribution >= 0.6 is 0 Å². The molecule has 0 aliphatic rings. The van der Waals surface area contributed by atoms with Crippen LogP contribution in [0, 0.1) is 6.92 Å². The van der Waals surface area contributed by atoms with E-state index in [4.69, 9.17) is 4.74 Å². The van der Waals surface area contributed by atoms with Crippen molar-refractivity contribution in [3.05, 3.63) is 100 Å². The zero-order valence-electron chi connectivity index (χ0n) is 20.3. The van der Waals surface area contributed by atoms with Crippen LogP contribution in [0.1, 0.15) is 29.3 Å². The molecule has 1 atom stereocenters. The molecule has 3 N–H and O–H groups in total. The number of aryl methyl sites for hydroxylation is 1. The zero-order valence-corrected chi connectivity index (χ0v) is 20.3. The Balaban J connectivity index is 1.29. The number of carbonyl (C=O) groups is 2. The number of fused-ring (bicyclic) bond motifs is 1. The fourth-order valence-electron chi connectivity index (χ4n) is 3.95. The number of amides is 1. The average molecular weight is 496 g/mol. The fraction of sp³-hybridized carbons (Fsp3) is 0.143. The van der Waals surface area contributed by atoms with Crippen LogP contribution in [0.4, 0.5) is 5.82 Å². The Bertz CT molecular complexity index is 1630. The average Bonchev–Trinajstić information content (AvgIpc) is 3.50. The number of hydrogen-bond acceptors (Lipinski definition) is 5. The molecule has 0 spiro atoms. The Morgan fingerprint density at radius 2 is 1.78 bits per heavy atom. The third kappa shape index (κ3) is 5.06. The molecule has 5 aromatic rings. The number of nitrogens with one attached hydrogen (secondary N) is 3. The van der Waals surface area contributed by atoms with Gasteiger partial charge in [-0.1, -0.05) is 55.0 Å². The third-order valence-corrected chi connectivity index (χ3v) is 5.95. The summed E-state index contributed by atoms with van der Waals surface area (Å²) >= 11 is 0. The summed E-state index contributed by atoms with van der Waals surface area (Å²) < 4.78 is 6.82. The maximum Gasteiger partial charge on any atom is 0.338 e. The predicted molar refractivity (Wildman–Crippen MR) is 141 cm³/mol. The smallest absolute Gasteiger partial charge is 0.338 e. The van der Waals surface area contributed by atoms with Gasteiger partial charge in [-0.05, 0) is 43.7 Å². The highest BCUT2D eigenvalue weighted by Gasteiger charge is 2.23. The van der Waals surface area contributed by atoms with Crippen molar-refractivity contribution in [2.24, 2.45) is 0 Å². The van der Waals surface area contributed by atoms with Crippen molar-refractivity contribution in [3.63, 3.8) is 0 Å². The van der Waals surface area contributed by atoms with E-state index in [1.165, 1.54) is 10.7 Å². The molecule has 3 aromatic carbocycles. The normalized spacial score (nSPS) is 11.8. The number of para-hydroxylation sites is 1.